The molecule has 114 valence electrons. The highest BCUT2D eigenvalue weighted by Crippen LogP contribution is 2.33. The molecular weight excluding hydrogens is 236 g/mol. The van der Waals surface area contributed by atoms with Crippen molar-refractivity contribution in [3.05, 3.63) is 0 Å². The Bertz CT molecular complexity index is 266. The Morgan fingerprint density at radius 2 is 1.53 bits per heavy atom. The fraction of sp³-hybridized carbons (Fsp3) is 1.00. The van der Waals surface area contributed by atoms with Crippen LogP contribution in [0.4, 0.5) is 0 Å². The van der Waals surface area contributed by atoms with Gasteiger partial charge in [0, 0.05) is 26.2 Å². The zero-order valence-electron chi connectivity index (χ0n) is 14.1. The fourth-order valence-electron chi connectivity index (χ4n) is 3.69. The first kappa shape index (κ1) is 16.9. The number of hydrogen-bond acceptors (Lipinski definition) is 3. The molecule has 1 aliphatic rings. The van der Waals surface area contributed by atoms with E-state index in [2.05, 4.69) is 58.8 Å². The Balaban J connectivity index is 2.78. The van der Waals surface area contributed by atoms with Crippen LogP contribution in [0.25, 0.3) is 0 Å². The van der Waals surface area contributed by atoms with Gasteiger partial charge >= 0.3 is 0 Å². The van der Waals surface area contributed by atoms with Gasteiger partial charge in [0.1, 0.15) is 0 Å². The summed E-state index contributed by atoms with van der Waals surface area (Å²) in [5.41, 5.74) is 0.293. The molecule has 0 radical (unpaired) electrons. The van der Waals surface area contributed by atoms with Gasteiger partial charge in [-0.05, 0) is 53.0 Å². The Hall–Kier alpha value is -0.120. The van der Waals surface area contributed by atoms with Crippen molar-refractivity contribution in [3.63, 3.8) is 0 Å². The summed E-state index contributed by atoms with van der Waals surface area (Å²) in [6.07, 6.45) is 2.45. The highest BCUT2D eigenvalue weighted by atomic mass is 16.5. The van der Waals surface area contributed by atoms with Crippen LogP contribution in [-0.2, 0) is 4.74 Å². The first-order chi connectivity index (χ1) is 8.67. The normalized spacial score (nSPS) is 23.5. The molecule has 0 amide bonds. The molecule has 1 rings (SSSR count). The fourth-order valence-corrected chi connectivity index (χ4v) is 3.69. The van der Waals surface area contributed by atoms with E-state index in [0.29, 0.717) is 5.41 Å². The van der Waals surface area contributed by atoms with Gasteiger partial charge in [-0.15, -0.1) is 0 Å². The summed E-state index contributed by atoms with van der Waals surface area (Å²) in [7, 11) is 2.06. The summed E-state index contributed by atoms with van der Waals surface area (Å²) in [5, 5.41) is 3.38. The van der Waals surface area contributed by atoms with E-state index in [9.17, 15) is 0 Å². The van der Waals surface area contributed by atoms with Crippen LogP contribution in [-0.4, -0.2) is 49.3 Å². The molecule has 0 aliphatic carbocycles. The molecule has 0 unspecified atom stereocenters. The van der Waals surface area contributed by atoms with Crippen LogP contribution in [0.2, 0.25) is 0 Å². The molecule has 1 saturated heterocycles. The molecule has 0 bridgehead atoms. The van der Waals surface area contributed by atoms with Crippen molar-refractivity contribution in [3.8, 4) is 0 Å². The van der Waals surface area contributed by atoms with E-state index in [4.69, 9.17) is 4.74 Å². The van der Waals surface area contributed by atoms with Gasteiger partial charge in [0.25, 0.3) is 0 Å². The molecule has 0 spiro atoms. The molecule has 0 aromatic carbocycles. The van der Waals surface area contributed by atoms with E-state index < -0.39 is 0 Å². The van der Waals surface area contributed by atoms with Gasteiger partial charge in [0.2, 0.25) is 0 Å². The van der Waals surface area contributed by atoms with Crippen molar-refractivity contribution in [1.82, 2.24) is 10.2 Å². The number of nitrogens with one attached hydrogen (secondary N) is 1. The van der Waals surface area contributed by atoms with E-state index in [1.807, 2.05) is 0 Å². The average Bonchev–Trinajstić information content (AvgIpc) is 2.24. The van der Waals surface area contributed by atoms with Crippen molar-refractivity contribution in [2.75, 3.05) is 33.2 Å². The summed E-state index contributed by atoms with van der Waals surface area (Å²) in [4.78, 5) is 2.60. The lowest BCUT2D eigenvalue weighted by molar-refractivity contribution is -0.185. The molecule has 1 heterocycles. The second-order valence-corrected chi connectivity index (χ2v) is 7.50. The SMILES string of the molecule is CCC(CC)(CNC)CN1CC(C)(C)OC(C)(C)C1. The third-order valence-corrected chi connectivity index (χ3v) is 4.37. The largest absolute Gasteiger partial charge is 0.367 e. The van der Waals surface area contributed by atoms with Gasteiger partial charge in [0.05, 0.1) is 11.2 Å². The topological polar surface area (TPSA) is 24.5 Å². The number of morpholine rings is 1. The van der Waals surface area contributed by atoms with Crippen LogP contribution in [0.15, 0.2) is 0 Å². The van der Waals surface area contributed by atoms with Crippen LogP contribution in [0.1, 0.15) is 54.4 Å². The first-order valence-corrected chi connectivity index (χ1v) is 7.75. The highest BCUT2D eigenvalue weighted by molar-refractivity contribution is 4.92. The van der Waals surface area contributed by atoms with E-state index >= 15 is 0 Å². The van der Waals surface area contributed by atoms with Crippen molar-refractivity contribution >= 4 is 0 Å². The minimum atomic E-state index is -0.0470. The molecule has 0 aromatic rings. The monoisotopic (exact) mass is 270 g/mol. The quantitative estimate of drug-likeness (QED) is 0.803. The smallest absolute Gasteiger partial charge is 0.0760 e. The lowest BCUT2D eigenvalue weighted by atomic mass is 9.80. The third kappa shape index (κ3) is 4.73. The molecule has 0 aromatic heterocycles. The second kappa shape index (κ2) is 6.11. The van der Waals surface area contributed by atoms with Gasteiger partial charge in [-0.3, -0.25) is 4.90 Å². The summed E-state index contributed by atoms with van der Waals surface area (Å²) in [6.45, 7) is 17.8. The first-order valence-electron chi connectivity index (χ1n) is 7.75. The van der Waals surface area contributed by atoms with Crippen LogP contribution < -0.4 is 5.32 Å². The van der Waals surface area contributed by atoms with Crippen molar-refractivity contribution in [2.45, 2.75) is 65.6 Å². The maximum Gasteiger partial charge on any atom is 0.0760 e. The molecule has 1 fully saturated rings. The molecule has 3 nitrogen and oxygen atoms in total. The Labute approximate surface area is 120 Å². The summed E-state index contributed by atoms with van der Waals surface area (Å²) in [5.74, 6) is 0. The van der Waals surface area contributed by atoms with Crippen molar-refractivity contribution < 1.29 is 4.74 Å². The lowest BCUT2D eigenvalue weighted by Gasteiger charge is -2.49. The van der Waals surface area contributed by atoms with E-state index in [-0.39, 0.29) is 11.2 Å². The molecule has 1 aliphatic heterocycles. The number of nitrogens with zero attached hydrogens (tertiary/aromatic N) is 1. The predicted molar refractivity (Wildman–Crippen MR) is 82.6 cm³/mol. The van der Waals surface area contributed by atoms with Crippen LogP contribution in [0.3, 0.4) is 0 Å². The minimum absolute atomic E-state index is 0.0470. The maximum atomic E-state index is 6.18. The van der Waals surface area contributed by atoms with Crippen molar-refractivity contribution in [1.29, 1.82) is 0 Å². The molecule has 3 heteroatoms. The Morgan fingerprint density at radius 3 is 1.89 bits per heavy atom. The number of rotatable bonds is 6. The van der Waals surface area contributed by atoms with E-state index in [0.717, 1.165) is 26.2 Å². The Kier molecular flexibility index (Phi) is 5.44. The molecular formula is C16H34N2O. The standard InChI is InChI=1S/C16H34N2O/c1-8-16(9-2,10-17-7)13-18-11-14(3,4)19-15(5,6)12-18/h17H,8-13H2,1-7H3. The van der Waals surface area contributed by atoms with Gasteiger partial charge in [-0.2, -0.15) is 0 Å². The average molecular weight is 270 g/mol. The molecule has 0 atom stereocenters. The third-order valence-electron chi connectivity index (χ3n) is 4.37. The molecule has 1 N–H and O–H groups in total. The van der Waals surface area contributed by atoms with Gasteiger partial charge < -0.3 is 10.1 Å². The molecule has 19 heavy (non-hydrogen) atoms. The lowest BCUT2D eigenvalue weighted by Crippen LogP contribution is -2.59. The second-order valence-electron chi connectivity index (χ2n) is 7.50. The van der Waals surface area contributed by atoms with Gasteiger partial charge in [0.15, 0.2) is 0 Å². The number of hydrogen-bond donors (Lipinski definition) is 1. The predicted octanol–water partition coefficient (Wildman–Crippen LogP) is 2.90. The van der Waals surface area contributed by atoms with Gasteiger partial charge in [-0.1, -0.05) is 13.8 Å². The van der Waals surface area contributed by atoms with Crippen LogP contribution >= 0.6 is 0 Å². The highest BCUT2D eigenvalue weighted by Gasteiger charge is 2.40. The summed E-state index contributed by atoms with van der Waals surface area (Å²) < 4.78 is 6.18. The van der Waals surface area contributed by atoms with Crippen LogP contribution in [0.5, 0.6) is 0 Å². The van der Waals surface area contributed by atoms with Gasteiger partial charge in [-0.25, -0.2) is 0 Å². The summed E-state index contributed by atoms with van der Waals surface area (Å²) >= 11 is 0. The van der Waals surface area contributed by atoms with E-state index in [1.165, 1.54) is 12.8 Å². The zero-order chi connectivity index (χ0) is 14.7. The van der Waals surface area contributed by atoms with Crippen LogP contribution in [0, 0.1) is 5.41 Å². The van der Waals surface area contributed by atoms with E-state index in [1.54, 1.807) is 0 Å². The maximum absolute atomic E-state index is 6.18. The Morgan fingerprint density at radius 1 is 1.05 bits per heavy atom. The van der Waals surface area contributed by atoms with Crippen molar-refractivity contribution in [2.24, 2.45) is 5.41 Å². The summed E-state index contributed by atoms with van der Waals surface area (Å²) in [6, 6.07) is 0. The zero-order valence-corrected chi connectivity index (χ0v) is 14.1. The molecule has 0 saturated carbocycles. The minimum Gasteiger partial charge on any atom is -0.367 e. The number of ether oxygens (including phenoxy) is 1.